The Morgan fingerprint density at radius 1 is 1.20 bits per heavy atom. The number of aromatic nitrogens is 1. The van der Waals surface area contributed by atoms with Crippen molar-refractivity contribution in [2.24, 2.45) is 17.6 Å². The van der Waals surface area contributed by atoms with Gasteiger partial charge in [-0.1, -0.05) is 6.42 Å². The zero-order chi connectivity index (χ0) is 14.3. The molecule has 1 aliphatic carbocycles. The van der Waals surface area contributed by atoms with Gasteiger partial charge < -0.3 is 10.6 Å². The minimum absolute atomic E-state index is 0.216. The van der Waals surface area contributed by atoms with Crippen LogP contribution in [0.5, 0.6) is 0 Å². The summed E-state index contributed by atoms with van der Waals surface area (Å²) in [7, 11) is 0. The zero-order valence-electron chi connectivity index (χ0n) is 11.1. The fourth-order valence-corrected chi connectivity index (χ4v) is 3.44. The first kappa shape index (κ1) is 13.7. The Morgan fingerprint density at radius 3 is 2.60 bits per heavy atom. The van der Waals surface area contributed by atoms with Gasteiger partial charge in [-0.2, -0.15) is 13.2 Å². The maximum atomic E-state index is 12.5. The maximum absolute atomic E-state index is 12.5. The summed E-state index contributed by atoms with van der Waals surface area (Å²) in [6.07, 6.45) is -0.0499. The van der Waals surface area contributed by atoms with Gasteiger partial charge in [0.05, 0.1) is 5.56 Å². The second-order valence-corrected chi connectivity index (χ2v) is 5.83. The quantitative estimate of drug-likeness (QED) is 0.862. The lowest BCUT2D eigenvalue weighted by atomic mass is 9.78. The Hall–Kier alpha value is -1.30. The van der Waals surface area contributed by atoms with Crippen LogP contribution in [0.1, 0.15) is 24.8 Å². The first-order valence-electron chi connectivity index (χ1n) is 6.99. The average Bonchev–Trinajstić information content (AvgIpc) is 2.83. The van der Waals surface area contributed by atoms with Crippen molar-refractivity contribution < 1.29 is 13.2 Å². The molecule has 3 unspecified atom stereocenters. The molecule has 0 amide bonds. The Kier molecular flexibility index (Phi) is 3.36. The van der Waals surface area contributed by atoms with Crippen molar-refractivity contribution in [3.8, 4) is 0 Å². The van der Waals surface area contributed by atoms with E-state index in [-0.39, 0.29) is 6.04 Å². The summed E-state index contributed by atoms with van der Waals surface area (Å²) in [6, 6.07) is 2.78. The number of hydrogen-bond acceptors (Lipinski definition) is 3. The molecule has 0 aromatic carbocycles. The van der Waals surface area contributed by atoms with Crippen LogP contribution in [-0.2, 0) is 6.18 Å². The van der Waals surface area contributed by atoms with Gasteiger partial charge in [-0.3, -0.25) is 0 Å². The fraction of sp³-hybridized carbons (Fsp3) is 0.643. The van der Waals surface area contributed by atoms with Crippen molar-refractivity contribution >= 4 is 5.82 Å². The molecule has 0 radical (unpaired) electrons. The number of nitrogens with zero attached hydrogens (tertiary/aromatic N) is 2. The van der Waals surface area contributed by atoms with Gasteiger partial charge in [0.2, 0.25) is 0 Å². The van der Waals surface area contributed by atoms with Crippen LogP contribution in [0.15, 0.2) is 18.3 Å². The van der Waals surface area contributed by atoms with Gasteiger partial charge in [0.1, 0.15) is 5.82 Å². The molecular formula is C14H18F3N3. The molecule has 1 saturated carbocycles. The van der Waals surface area contributed by atoms with E-state index in [1.54, 1.807) is 0 Å². The highest BCUT2D eigenvalue weighted by Gasteiger charge is 2.39. The van der Waals surface area contributed by atoms with E-state index in [2.05, 4.69) is 9.88 Å². The van der Waals surface area contributed by atoms with E-state index in [4.69, 9.17) is 5.73 Å². The number of nitrogens with two attached hydrogens (primary N) is 1. The van der Waals surface area contributed by atoms with Crippen LogP contribution in [0.2, 0.25) is 0 Å². The summed E-state index contributed by atoms with van der Waals surface area (Å²) in [5.74, 6) is 1.63. The standard InChI is InChI=1S/C14H18F3N3/c15-14(16,17)10-4-5-13(19-6-10)20-7-9-2-1-3-12(18)11(9)8-20/h4-6,9,11-12H,1-3,7-8,18H2. The summed E-state index contributed by atoms with van der Waals surface area (Å²) >= 11 is 0. The third kappa shape index (κ3) is 2.49. The molecule has 2 aliphatic rings. The topological polar surface area (TPSA) is 42.1 Å². The van der Waals surface area contributed by atoms with Crippen LogP contribution in [0.25, 0.3) is 0 Å². The average molecular weight is 285 g/mol. The predicted octanol–water partition coefficient (Wildman–Crippen LogP) is 2.66. The van der Waals surface area contributed by atoms with Crippen LogP contribution in [0.3, 0.4) is 0 Å². The highest BCUT2D eigenvalue weighted by Crippen LogP contribution is 2.37. The number of hydrogen-bond donors (Lipinski definition) is 1. The summed E-state index contributed by atoms with van der Waals surface area (Å²) in [4.78, 5) is 6.05. The van der Waals surface area contributed by atoms with Crippen molar-refractivity contribution in [3.05, 3.63) is 23.9 Å². The predicted molar refractivity (Wildman–Crippen MR) is 70.3 cm³/mol. The van der Waals surface area contributed by atoms with Crippen molar-refractivity contribution in [2.75, 3.05) is 18.0 Å². The van der Waals surface area contributed by atoms with Crippen LogP contribution in [0.4, 0.5) is 19.0 Å². The molecule has 0 bridgehead atoms. The van der Waals surface area contributed by atoms with Crippen molar-refractivity contribution in [1.82, 2.24) is 4.98 Å². The van der Waals surface area contributed by atoms with E-state index >= 15 is 0 Å². The first-order valence-corrected chi connectivity index (χ1v) is 6.99. The molecule has 110 valence electrons. The summed E-state index contributed by atoms with van der Waals surface area (Å²) < 4.78 is 37.6. The lowest BCUT2D eigenvalue weighted by Crippen LogP contribution is -2.38. The minimum atomic E-state index is -4.33. The molecule has 3 rings (SSSR count). The molecule has 1 aromatic rings. The zero-order valence-corrected chi connectivity index (χ0v) is 11.1. The van der Waals surface area contributed by atoms with Crippen LogP contribution >= 0.6 is 0 Å². The number of pyridine rings is 1. The molecule has 2 heterocycles. The Morgan fingerprint density at radius 2 is 2.00 bits per heavy atom. The van der Waals surface area contributed by atoms with Crippen molar-refractivity contribution in [1.29, 1.82) is 0 Å². The molecule has 0 spiro atoms. The fourth-order valence-electron chi connectivity index (χ4n) is 3.44. The molecule has 2 fully saturated rings. The van der Waals surface area contributed by atoms with Crippen molar-refractivity contribution in [3.63, 3.8) is 0 Å². The third-order valence-corrected chi connectivity index (χ3v) is 4.55. The van der Waals surface area contributed by atoms with Crippen LogP contribution in [-0.4, -0.2) is 24.1 Å². The van der Waals surface area contributed by atoms with Gasteiger partial charge in [0, 0.05) is 25.3 Å². The van der Waals surface area contributed by atoms with E-state index in [0.29, 0.717) is 17.7 Å². The number of rotatable bonds is 1. The van der Waals surface area contributed by atoms with Crippen LogP contribution in [0, 0.1) is 11.8 Å². The van der Waals surface area contributed by atoms with Gasteiger partial charge in [-0.15, -0.1) is 0 Å². The van der Waals surface area contributed by atoms with E-state index in [9.17, 15) is 13.2 Å². The van der Waals surface area contributed by atoms with Gasteiger partial charge in [-0.25, -0.2) is 4.98 Å². The van der Waals surface area contributed by atoms with E-state index in [0.717, 1.165) is 44.6 Å². The highest BCUT2D eigenvalue weighted by atomic mass is 19.4. The van der Waals surface area contributed by atoms with E-state index < -0.39 is 11.7 Å². The van der Waals surface area contributed by atoms with E-state index in [1.165, 1.54) is 6.07 Å². The van der Waals surface area contributed by atoms with Crippen LogP contribution < -0.4 is 10.6 Å². The lowest BCUT2D eigenvalue weighted by molar-refractivity contribution is -0.137. The Labute approximate surface area is 116 Å². The second-order valence-electron chi connectivity index (χ2n) is 5.83. The minimum Gasteiger partial charge on any atom is -0.356 e. The molecule has 2 N–H and O–H groups in total. The highest BCUT2D eigenvalue weighted by molar-refractivity contribution is 5.41. The SMILES string of the molecule is NC1CCCC2CN(c3ccc(C(F)(F)F)cn3)CC12. The third-order valence-electron chi connectivity index (χ3n) is 4.55. The molecular weight excluding hydrogens is 267 g/mol. The van der Waals surface area contributed by atoms with Crippen molar-refractivity contribution in [2.45, 2.75) is 31.5 Å². The molecule has 6 heteroatoms. The normalized spacial score (nSPS) is 30.4. The molecule has 1 aliphatic heterocycles. The number of alkyl halides is 3. The van der Waals surface area contributed by atoms with Gasteiger partial charge >= 0.3 is 6.18 Å². The maximum Gasteiger partial charge on any atom is 0.417 e. The number of anilines is 1. The van der Waals surface area contributed by atoms with Gasteiger partial charge in [-0.05, 0) is 36.8 Å². The largest absolute Gasteiger partial charge is 0.417 e. The summed E-state index contributed by atoms with van der Waals surface area (Å²) in [6.45, 7) is 1.67. The molecule has 3 nitrogen and oxygen atoms in total. The molecule has 20 heavy (non-hydrogen) atoms. The molecule has 3 atom stereocenters. The summed E-state index contributed by atoms with van der Waals surface area (Å²) in [5.41, 5.74) is 5.45. The summed E-state index contributed by atoms with van der Waals surface area (Å²) in [5, 5.41) is 0. The number of halogens is 3. The Bertz CT molecular complexity index is 472. The van der Waals surface area contributed by atoms with Gasteiger partial charge in [0.15, 0.2) is 0 Å². The first-order chi connectivity index (χ1) is 9.45. The molecule has 1 aromatic heterocycles. The second kappa shape index (κ2) is 4.91. The monoisotopic (exact) mass is 285 g/mol. The molecule has 1 saturated heterocycles. The smallest absolute Gasteiger partial charge is 0.356 e. The van der Waals surface area contributed by atoms with Gasteiger partial charge in [0.25, 0.3) is 0 Å². The van der Waals surface area contributed by atoms with E-state index in [1.807, 2.05) is 0 Å². The lowest BCUT2D eigenvalue weighted by Gasteiger charge is -2.29. The number of fused-ring (bicyclic) bond motifs is 1. The Balaban J connectivity index is 1.74.